The molecule has 0 aliphatic carbocycles. The van der Waals surface area contributed by atoms with Crippen LogP contribution in [0.5, 0.6) is 0 Å². The quantitative estimate of drug-likeness (QED) is 0.0369. The normalized spacial score (nSPS) is 9.93. The monoisotopic (exact) mass is 876 g/mol. The lowest BCUT2D eigenvalue weighted by atomic mass is 8.64. The van der Waals surface area contributed by atoms with Crippen LogP contribution in [0, 0.1) is 11.8 Å². The molecule has 9 rings (SSSR count). The Bertz CT molecular complexity index is 2980. The van der Waals surface area contributed by atoms with Gasteiger partial charge >= 0.3 is 5.97 Å². The summed E-state index contributed by atoms with van der Waals surface area (Å²) in [4.78, 5) is 32.9. The van der Waals surface area contributed by atoms with Crippen molar-refractivity contribution in [2.75, 3.05) is 14.2 Å². The van der Waals surface area contributed by atoms with Gasteiger partial charge in [-0.05, 0) is 120 Å². The first-order valence-corrected chi connectivity index (χ1v) is 22.1. The number of ether oxygens (including phenoxy) is 1. The molecule has 68 heavy (non-hydrogen) atoms. The maximum Gasteiger partial charge on any atom is 0.379 e. The van der Waals surface area contributed by atoms with E-state index in [0.717, 1.165) is 65.9 Å². The zero-order valence-electron chi connectivity index (χ0n) is 38.4. The van der Waals surface area contributed by atoms with Crippen molar-refractivity contribution in [2.45, 2.75) is 25.7 Å². The standard InChI is InChI=1S/C19H17NO3.C16H15N.C16H11N.CH4O.B9/c1-23-19(22)18(21)16-12-20-17-10-9-14(11-15(16)17)8-7-13-5-3-2-4-6-13;2*1-2-4-13(5-3-1)6-7-14-8-9-16-15(12-14)10-11-17-16;1-2;1-6-9(7(2)3)8(4)5/h2-6,9-12,20H,7-8H2,1H3;1-5,8-12,17H,6-7H2;1-5,8-12,17H;2H,1H3;. The molecule has 0 saturated carbocycles. The molecule has 321 valence electrons. The van der Waals surface area contributed by atoms with Gasteiger partial charge in [-0.25, -0.2) is 4.79 Å². The van der Waals surface area contributed by atoms with Crippen molar-refractivity contribution in [1.29, 1.82) is 0 Å². The van der Waals surface area contributed by atoms with Crippen molar-refractivity contribution >= 4 is 109 Å². The number of aromatic amines is 3. The van der Waals surface area contributed by atoms with Gasteiger partial charge in [0.25, 0.3) is 5.78 Å². The number of aliphatic hydroxyl groups is 1. The van der Waals surface area contributed by atoms with Crippen molar-refractivity contribution in [3.63, 3.8) is 0 Å². The number of hydrogen-bond donors (Lipinski definition) is 4. The van der Waals surface area contributed by atoms with Gasteiger partial charge in [-0.1, -0.05) is 103 Å². The molecule has 7 nitrogen and oxygen atoms in total. The fourth-order valence-electron chi connectivity index (χ4n) is 7.15. The summed E-state index contributed by atoms with van der Waals surface area (Å²) >= 11 is 0. The van der Waals surface area contributed by atoms with Gasteiger partial charge in [0.05, 0.1) is 12.7 Å². The molecule has 6 aromatic carbocycles. The van der Waals surface area contributed by atoms with E-state index < -0.39 is 24.5 Å². The van der Waals surface area contributed by atoms with Crippen molar-refractivity contribution in [2.24, 2.45) is 0 Å². The van der Waals surface area contributed by atoms with Crippen LogP contribution < -0.4 is 0 Å². The van der Waals surface area contributed by atoms with Crippen molar-refractivity contribution in [3.8, 4) is 11.8 Å². The minimum Gasteiger partial charge on any atom is -0.463 e. The van der Waals surface area contributed by atoms with Gasteiger partial charge < -0.3 is 24.8 Å². The van der Waals surface area contributed by atoms with E-state index >= 15 is 0 Å². The van der Waals surface area contributed by atoms with Crippen LogP contribution in [0.25, 0.3) is 32.7 Å². The molecular formula is C52H47B9N3O4. The summed E-state index contributed by atoms with van der Waals surface area (Å²) < 4.78 is 4.52. The lowest BCUT2D eigenvalue weighted by molar-refractivity contribution is -0.135. The summed E-state index contributed by atoms with van der Waals surface area (Å²) in [5.74, 6) is 4.86. The van der Waals surface area contributed by atoms with Crippen LogP contribution in [0.3, 0.4) is 0 Å². The second-order valence-electron chi connectivity index (χ2n) is 15.6. The predicted octanol–water partition coefficient (Wildman–Crippen LogP) is 7.01. The van der Waals surface area contributed by atoms with Gasteiger partial charge in [-0.15, -0.1) is 0 Å². The van der Waals surface area contributed by atoms with Crippen LogP contribution in [0.2, 0.25) is 0 Å². The molecule has 0 aliphatic rings. The lowest BCUT2D eigenvalue weighted by Crippen LogP contribution is -2.55. The molecule has 0 unspecified atom stereocenters. The van der Waals surface area contributed by atoms with E-state index in [1.54, 1.807) is 6.20 Å². The number of aromatic nitrogens is 3. The average molecular weight is 875 g/mol. The first kappa shape index (κ1) is 52.2. The molecule has 4 N–H and O–H groups in total. The molecule has 0 spiro atoms. The van der Waals surface area contributed by atoms with Crippen LogP contribution in [0.1, 0.15) is 43.7 Å². The Hall–Kier alpha value is -6.82. The number of aliphatic hydroxyl groups excluding tert-OH is 1. The Morgan fingerprint density at radius 1 is 0.559 bits per heavy atom. The van der Waals surface area contributed by atoms with E-state index in [4.69, 9.17) is 43.8 Å². The van der Waals surface area contributed by atoms with E-state index in [9.17, 15) is 9.59 Å². The number of esters is 1. The summed E-state index contributed by atoms with van der Waals surface area (Å²) in [6.07, 6.45) is 8.04. The molecule has 0 saturated heterocycles. The SMILES string of the molecule is C(#Cc1ccc2[nH]ccc2c1)c1ccccc1.CO.COC(=O)C(=O)c1c[nH]c2ccc(CCc3ccccc3)cc12.[B][B]B(B([B])[B])B([B])[B].c1ccc(CCc2ccc3[nH]ccc3c2)cc1. The van der Waals surface area contributed by atoms with Crippen LogP contribution >= 0.6 is 0 Å². The van der Waals surface area contributed by atoms with Crippen molar-refractivity contribution in [3.05, 3.63) is 215 Å². The Balaban J connectivity index is 0.000000174. The fourth-order valence-corrected chi connectivity index (χ4v) is 7.15. The number of fused-ring (bicyclic) bond motifs is 3. The van der Waals surface area contributed by atoms with Crippen LogP contribution in [-0.4, -0.2) is 111 Å². The minimum absolute atomic E-state index is 0.315. The second kappa shape index (κ2) is 27.7. The average Bonchev–Trinajstić information content (AvgIpc) is 4.16. The highest BCUT2D eigenvalue weighted by atomic mass is 16.5. The molecule has 0 bridgehead atoms. The third kappa shape index (κ3) is 15.9. The van der Waals surface area contributed by atoms with Crippen molar-refractivity contribution < 1.29 is 19.4 Å². The third-order valence-corrected chi connectivity index (χ3v) is 10.9. The van der Waals surface area contributed by atoms with Gasteiger partial charge in [-0.3, -0.25) is 4.79 Å². The summed E-state index contributed by atoms with van der Waals surface area (Å²) in [6.45, 7) is 0. The van der Waals surface area contributed by atoms with Crippen LogP contribution in [0.15, 0.2) is 176 Å². The number of carbonyl (C=O) groups is 2. The number of nitrogens with one attached hydrogen (secondary N) is 3. The number of H-pyrrole nitrogens is 3. The lowest BCUT2D eigenvalue weighted by Gasteiger charge is -2.17. The van der Waals surface area contributed by atoms with Gasteiger partial charge in [0, 0.05) is 129 Å². The Morgan fingerprint density at radius 3 is 1.54 bits per heavy atom. The van der Waals surface area contributed by atoms with Gasteiger partial charge in [0.1, 0.15) is 0 Å². The molecule has 0 fully saturated rings. The van der Waals surface area contributed by atoms with E-state index in [1.807, 2.05) is 85.2 Å². The topological polar surface area (TPSA) is 111 Å². The van der Waals surface area contributed by atoms with Gasteiger partial charge in [0.2, 0.25) is 0 Å². The van der Waals surface area contributed by atoms with Crippen LogP contribution in [-0.2, 0) is 35.2 Å². The van der Waals surface area contributed by atoms with Crippen molar-refractivity contribution in [1.82, 2.24) is 15.0 Å². The molecule has 11 radical (unpaired) electrons. The fraction of sp³-hybridized carbons (Fsp3) is 0.115. The summed E-state index contributed by atoms with van der Waals surface area (Å²) in [7, 11) is 29.7. The second-order valence-corrected chi connectivity index (χ2v) is 15.6. The first-order chi connectivity index (χ1) is 33.1. The molecule has 0 atom stereocenters. The molecule has 3 aromatic heterocycles. The Kier molecular flexibility index (Phi) is 21.3. The largest absolute Gasteiger partial charge is 0.463 e. The summed E-state index contributed by atoms with van der Waals surface area (Å²) in [6, 6.07) is 53.9. The first-order valence-electron chi connectivity index (χ1n) is 22.1. The van der Waals surface area contributed by atoms with Crippen LogP contribution in [0.4, 0.5) is 0 Å². The predicted molar refractivity (Wildman–Crippen MR) is 291 cm³/mol. The highest BCUT2D eigenvalue weighted by Crippen LogP contribution is 2.22. The number of methoxy groups -OCH3 is 1. The Morgan fingerprint density at radius 2 is 1.03 bits per heavy atom. The highest BCUT2D eigenvalue weighted by molar-refractivity contribution is 7.93. The molecule has 3 heterocycles. The molecular weight excluding hydrogens is 828 g/mol. The number of Topliss-reactive ketones (excluding diaryl/α,β-unsaturated/α-hetero) is 1. The number of benzene rings is 6. The van der Waals surface area contributed by atoms with E-state index in [0.29, 0.717) is 5.56 Å². The van der Waals surface area contributed by atoms with Gasteiger partial charge in [0.15, 0.2) is 0 Å². The van der Waals surface area contributed by atoms with E-state index in [-0.39, 0.29) is 6.39 Å². The molecule has 0 amide bonds. The minimum atomic E-state index is -0.847. The van der Waals surface area contributed by atoms with E-state index in [1.165, 1.54) is 47.2 Å². The summed E-state index contributed by atoms with van der Waals surface area (Å²) in [5.41, 5.74) is 10.8. The third-order valence-electron chi connectivity index (χ3n) is 10.9. The maximum absolute atomic E-state index is 12.0. The molecule has 16 heteroatoms. The van der Waals surface area contributed by atoms with Gasteiger partial charge in [-0.2, -0.15) is 0 Å². The molecule has 9 aromatic rings. The number of ketones is 1. The molecule has 0 aliphatic heterocycles. The zero-order chi connectivity index (χ0) is 48.7. The maximum atomic E-state index is 12.0. The summed E-state index contributed by atoms with van der Waals surface area (Å²) in [5, 5.41) is 10.3. The van der Waals surface area contributed by atoms with E-state index in [2.05, 4.69) is 116 Å². The smallest absolute Gasteiger partial charge is 0.379 e. The highest BCUT2D eigenvalue weighted by Gasteiger charge is 2.21. The number of hydrogen-bond acceptors (Lipinski definition) is 4. The zero-order valence-corrected chi connectivity index (χ0v) is 38.4. The number of aryl methyl sites for hydroxylation is 4. The number of rotatable bonds is 11. The number of carbonyl (C=O) groups excluding carboxylic acids is 2. The Labute approximate surface area is 408 Å².